The lowest BCUT2D eigenvalue weighted by Gasteiger charge is -2.21. The smallest absolute Gasteiger partial charge is 0.248 e. The highest BCUT2D eigenvalue weighted by Crippen LogP contribution is 2.38. The van der Waals surface area contributed by atoms with E-state index in [-0.39, 0.29) is 24.4 Å². The first-order valence-corrected chi connectivity index (χ1v) is 14.4. The molecule has 9 heteroatoms. The van der Waals surface area contributed by atoms with Crippen molar-refractivity contribution in [1.82, 2.24) is 14.9 Å². The number of aromatic nitrogens is 2. The summed E-state index contributed by atoms with van der Waals surface area (Å²) in [5, 5.41) is 9.48. The quantitative estimate of drug-likeness (QED) is 0.156. The summed E-state index contributed by atoms with van der Waals surface area (Å²) >= 11 is 1.53. The second-order valence-electron chi connectivity index (χ2n) is 10.0. The number of rotatable bonds is 12. The number of hydrogen-bond donors (Lipinski definition) is 2. The number of nitrogens with one attached hydrogen (secondary N) is 2. The Kier molecular flexibility index (Phi) is 9.66. The molecule has 2 heterocycles. The lowest BCUT2D eigenvalue weighted by Crippen LogP contribution is -2.18. The zero-order valence-electron chi connectivity index (χ0n) is 23.5. The summed E-state index contributed by atoms with van der Waals surface area (Å²) in [6, 6.07) is 24.0. The lowest BCUT2D eigenvalue weighted by molar-refractivity contribution is -0.111. The third kappa shape index (κ3) is 7.64. The molecule has 0 aliphatic rings. The lowest BCUT2D eigenvalue weighted by atomic mass is 10.0. The van der Waals surface area contributed by atoms with Crippen LogP contribution in [0, 0.1) is 5.82 Å². The number of hydrogen-bond acceptors (Lipinski definition) is 7. The van der Waals surface area contributed by atoms with E-state index in [9.17, 15) is 9.18 Å². The van der Waals surface area contributed by atoms with E-state index in [4.69, 9.17) is 4.74 Å². The van der Waals surface area contributed by atoms with Gasteiger partial charge in [-0.1, -0.05) is 60.7 Å². The minimum absolute atomic E-state index is 0.182. The van der Waals surface area contributed by atoms with Gasteiger partial charge < -0.3 is 20.3 Å². The van der Waals surface area contributed by atoms with E-state index in [2.05, 4.69) is 26.0 Å². The van der Waals surface area contributed by atoms with Gasteiger partial charge in [0, 0.05) is 29.3 Å². The largest absolute Gasteiger partial charge is 0.374 e. The summed E-state index contributed by atoms with van der Waals surface area (Å²) < 4.78 is 19.7. The third-order valence-corrected chi connectivity index (χ3v) is 7.39. The van der Waals surface area contributed by atoms with E-state index < -0.39 is 0 Å². The van der Waals surface area contributed by atoms with Crippen LogP contribution in [-0.2, 0) is 16.1 Å². The number of carbonyl (C=O) groups excluding carboxylic acids is 1. The molecule has 5 aromatic rings. The summed E-state index contributed by atoms with van der Waals surface area (Å²) in [5.74, 6) is 0.214. The second kappa shape index (κ2) is 14.0. The zero-order valence-corrected chi connectivity index (χ0v) is 24.3. The number of nitrogens with zero attached hydrogens (tertiary/aromatic N) is 3. The van der Waals surface area contributed by atoms with Gasteiger partial charge in [0.25, 0.3) is 0 Å². The topological polar surface area (TPSA) is 79.4 Å². The molecule has 2 aromatic heterocycles. The van der Waals surface area contributed by atoms with Crippen molar-refractivity contribution in [2.24, 2.45) is 0 Å². The van der Waals surface area contributed by atoms with E-state index in [1.54, 1.807) is 18.5 Å². The van der Waals surface area contributed by atoms with Crippen molar-refractivity contribution in [2.75, 3.05) is 37.9 Å². The van der Waals surface area contributed by atoms with Crippen LogP contribution in [-0.4, -0.2) is 48.0 Å². The molecule has 0 fully saturated rings. The van der Waals surface area contributed by atoms with Crippen molar-refractivity contribution in [2.45, 2.75) is 12.6 Å². The number of amides is 1. The molecule has 1 amide bonds. The first-order chi connectivity index (χ1) is 20.5. The van der Waals surface area contributed by atoms with Crippen LogP contribution in [0.25, 0.3) is 21.3 Å². The van der Waals surface area contributed by atoms with E-state index in [0.29, 0.717) is 24.7 Å². The fraction of sp³-hybridized carbons (Fsp3) is 0.182. The van der Waals surface area contributed by atoms with Crippen LogP contribution < -0.4 is 10.6 Å². The molecule has 3 aromatic carbocycles. The number of benzene rings is 3. The first-order valence-electron chi connectivity index (χ1n) is 13.5. The maximum Gasteiger partial charge on any atom is 0.248 e. The van der Waals surface area contributed by atoms with E-state index in [1.165, 1.54) is 23.5 Å². The molecule has 0 radical (unpaired) electrons. The maximum absolute atomic E-state index is 13.7. The van der Waals surface area contributed by atoms with Crippen molar-refractivity contribution in [3.8, 4) is 11.1 Å². The summed E-state index contributed by atoms with van der Waals surface area (Å²) in [6.07, 6.45) is 4.92. The van der Waals surface area contributed by atoms with Crippen molar-refractivity contribution in [3.63, 3.8) is 0 Å². The van der Waals surface area contributed by atoms with Gasteiger partial charge in [-0.05, 0) is 55.1 Å². The van der Waals surface area contributed by atoms with Crippen LogP contribution in [0.4, 0.5) is 15.9 Å². The highest BCUT2D eigenvalue weighted by Gasteiger charge is 2.18. The molecule has 0 aliphatic heterocycles. The van der Waals surface area contributed by atoms with Gasteiger partial charge in [0.2, 0.25) is 5.91 Å². The molecule has 0 saturated heterocycles. The standard InChI is InChI=1S/C33H32FN5O2S/c1-39(2)16-8-15-30(40)37-27-14-7-12-25(18-27)28-21-42-33-31(28)32(35-22-36-33)38-29(24-10-4-3-5-11-24)20-41-19-23-9-6-13-26(34)17-23/h3-15,17-18,21-22,29H,16,19-20H2,1-2H3,(H,37,40)(H,35,36,38)/b15-8+/t29-/m1/s1. The molecule has 0 saturated carbocycles. The Morgan fingerprint density at radius 3 is 2.69 bits per heavy atom. The second-order valence-corrected chi connectivity index (χ2v) is 10.9. The van der Waals surface area contributed by atoms with Crippen molar-refractivity contribution >= 4 is 39.0 Å². The Bertz CT molecular complexity index is 1670. The van der Waals surface area contributed by atoms with Gasteiger partial charge in [0.15, 0.2) is 0 Å². The minimum atomic E-state index is -0.286. The van der Waals surface area contributed by atoms with Crippen molar-refractivity contribution in [1.29, 1.82) is 0 Å². The van der Waals surface area contributed by atoms with Gasteiger partial charge in [-0.3, -0.25) is 4.79 Å². The van der Waals surface area contributed by atoms with Crippen LogP contribution in [0.15, 0.2) is 103 Å². The number of thiophene rings is 1. The summed E-state index contributed by atoms with van der Waals surface area (Å²) in [5.41, 5.74) is 4.40. The molecule has 0 spiro atoms. The number of halogens is 1. The highest BCUT2D eigenvalue weighted by atomic mass is 32.1. The molecule has 0 aliphatic carbocycles. The van der Waals surface area contributed by atoms with Gasteiger partial charge in [-0.15, -0.1) is 11.3 Å². The third-order valence-electron chi connectivity index (χ3n) is 6.51. The maximum atomic E-state index is 13.7. The first kappa shape index (κ1) is 29.1. The normalized spacial score (nSPS) is 12.2. The molecule has 7 nitrogen and oxygen atoms in total. The molecule has 1 atom stereocenters. The van der Waals surface area contributed by atoms with Crippen LogP contribution in [0.2, 0.25) is 0 Å². The summed E-state index contributed by atoms with van der Waals surface area (Å²) in [4.78, 5) is 24.4. The van der Waals surface area contributed by atoms with Gasteiger partial charge in [-0.2, -0.15) is 0 Å². The Morgan fingerprint density at radius 1 is 1.05 bits per heavy atom. The average molecular weight is 582 g/mol. The average Bonchev–Trinajstić information content (AvgIpc) is 3.42. The highest BCUT2D eigenvalue weighted by molar-refractivity contribution is 7.17. The van der Waals surface area contributed by atoms with E-state index in [1.807, 2.05) is 85.7 Å². The Morgan fingerprint density at radius 2 is 1.88 bits per heavy atom. The summed E-state index contributed by atoms with van der Waals surface area (Å²) in [7, 11) is 3.90. The molecule has 0 unspecified atom stereocenters. The predicted molar refractivity (Wildman–Crippen MR) is 168 cm³/mol. The zero-order chi connectivity index (χ0) is 29.3. The number of likely N-dealkylation sites (N-methyl/N-ethyl adjacent to an activating group) is 1. The molecule has 0 bridgehead atoms. The number of anilines is 2. The van der Waals surface area contributed by atoms with Crippen LogP contribution >= 0.6 is 11.3 Å². The van der Waals surface area contributed by atoms with E-state index >= 15 is 0 Å². The molecular weight excluding hydrogens is 549 g/mol. The number of ether oxygens (including phenoxy) is 1. The molecular formula is C33H32FN5O2S. The molecule has 2 N–H and O–H groups in total. The SMILES string of the molecule is CN(C)C/C=C/C(=O)Nc1cccc(-c2csc3ncnc(N[C@H](COCc4cccc(F)c4)c4ccccc4)c23)c1. The fourth-order valence-electron chi connectivity index (χ4n) is 4.51. The fourth-order valence-corrected chi connectivity index (χ4v) is 5.42. The van der Waals surface area contributed by atoms with Crippen molar-refractivity contribution in [3.05, 3.63) is 120 Å². The van der Waals surface area contributed by atoms with Gasteiger partial charge in [0.1, 0.15) is 22.8 Å². The predicted octanol–water partition coefficient (Wildman–Crippen LogP) is 6.92. The molecule has 42 heavy (non-hydrogen) atoms. The minimum Gasteiger partial charge on any atom is -0.374 e. The van der Waals surface area contributed by atoms with Crippen molar-refractivity contribution < 1.29 is 13.9 Å². The Balaban J connectivity index is 1.39. The number of carbonyl (C=O) groups is 1. The number of fused-ring (bicyclic) bond motifs is 1. The Labute approximate surface area is 248 Å². The van der Waals surface area contributed by atoms with E-state index in [0.717, 1.165) is 32.5 Å². The molecule has 5 rings (SSSR count). The van der Waals surface area contributed by atoms with Gasteiger partial charge in [0.05, 0.1) is 24.6 Å². The Hall–Kier alpha value is -4.44. The van der Waals surface area contributed by atoms with Gasteiger partial charge in [-0.25, -0.2) is 14.4 Å². The van der Waals surface area contributed by atoms with Crippen LogP contribution in [0.1, 0.15) is 17.2 Å². The van der Waals surface area contributed by atoms with Gasteiger partial charge >= 0.3 is 0 Å². The molecule has 214 valence electrons. The van der Waals surface area contributed by atoms with Crippen LogP contribution in [0.5, 0.6) is 0 Å². The monoisotopic (exact) mass is 581 g/mol. The summed E-state index contributed by atoms with van der Waals surface area (Å²) in [6.45, 7) is 1.31. The van der Waals surface area contributed by atoms with Crippen LogP contribution in [0.3, 0.4) is 0 Å².